The molecule has 0 radical (unpaired) electrons. The Morgan fingerprint density at radius 3 is 2.07 bits per heavy atom. The highest BCUT2D eigenvalue weighted by Gasteiger charge is 2.09. The van der Waals surface area contributed by atoms with Gasteiger partial charge >= 0.3 is 0 Å². The number of anilines is 4. The van der Waals surface area contributed by atoms with E-state index in [-0.39, 0.29) is 5.91 Å². The highest BCUT2D eigenvalue weighted by molar-refractivity contribution is 6.03. The number of aromatic nitrogens is 1. The minimum Gasteiger partial charge on any atom is -0.378 e. The molecule has 0 bridgehead atoms. The number of pyridine rings is 1. The molecule has 0 fully saturated rings. The highest BCUT2D eigenvalue weighted by atomic mass is 16.1. The average molecular weight is 360 g/mol. The van der Waals surface area contributed by atoms with Gasteiger partial charge in [0.2, 0.25) is 0 Å². The Morgan fingerprint density at radius 1 is 0.889 bits per heavy atom. The summed E-state index contributed by atoms with van der Waals surface area (Å²) in [5.74, 6) is -0.230. The molecule has 5 heteroatoms. The number of carbonyl (C=O) groups is 1. The van der Waals surface area contributed by atoms with Crippen molar-refractivity contribution in [3.8, 4) is 0 Å². The molecule has 27 heavy (non-hydrogen) atoms. The Balaban J connectivity index is 1.68. The number of rotatable bonds is 5. The van der Waals surface area contributed by atoms with E-state index in [0.29, 0.717) is 5.69 Å². The van der Waals surface area contributed by atoms with Crippen molar-refractivity contribution in [2.75, 3.05) is 29.6 Å². The predicted octanol–water partition coefficient (Wildman–Crippen LogP) is 4.76. The number of nitrogens with zero attached hydrogens (tertiary/aromatic N) is 2. The molecule has 138 valence electrons. The lowest BCUT2D eigenvalue weighted by atomic mass is 10.1. The largest absolute Gasteiger partial charge is 0.378 e. The summed E-state index contributed by atoms with van der Waals surface area (Å²) in [5.41, 5.74) is 6.43. The van der Waals surface area contributed by atoms with E-state index in [1.165, 1.54) is 0 Å². The zero-order valence-electron chi connectivity index (χ0n) is 16.1. The van der Waals surface area contributed by atoms with Crippen LogP contribution in [0.15, 0.2) is 60.8 Å². The topological polar surface area (TPSA) is 57.3 Å². The fraction of sp³-hybridized carbons (Fsp3) is 0.182. The predicted molar refractivity (Wildman–Crippen MR) is 112 cm³/mol. The summed E-state index contributed by atoms with van der Waals surface area (Å²) in [4.78, 5) is 18.7. The van der Waals surface area contributed by atoms with Crippen molar-refractivity contribution in [3.05, 3.63) is 77.6 Å². The molecule has 0 aliphatic carbocycles. The van der Waals surface area contributed by atoms with Gasteiger partial charge in [-0.2, -0.15) is 0 Å². The van der Waals surface area contributed by atoms with Crippen molar-refractivity contribution in [1.29, 1.82) is 0 Å². The van der Waals surface area contributed by atoms with E-state index in [1.807, 2.05) is 55.4 Å². The van der Waals surface area contributed by atoms with Gasteiger partial charge in [0.05, 0.1) is 11.9 Å². The van der Waals surface area contributed by atoms with E-state index in [1.54, 1.807) is 12.3 Å². The van der Waals surface area contributed by atoms with Crippen LogP contribution in [0.4, 0.5) is 22.7 Å². The molecule has 0 aliphatic rings. The number of carbonyl (C=O) groups excluding carboxylic acids is 1. The Morgan fingerprint density at radius 2 is 1.52 bits per heavy atom. The summed E-state index contributed by atoms with van der Waals surface area (Å²) in [6.45, 7) is 4.12. The normalized spacial score (nSPS) is 10.4. The van der Waals surface area contributed by atoms with Crippen LogP contribution in [0.5, 0.6) is 0 Å². The Hall–Kier alpha value is -3.34. The van der Waals surface area contributed by atoms with Crippen LogP contribution >= 0.6 is 0 Å². The molecule has 5 nitrogen and oxygen atoms in total. The lowest BCUT2D eigenvalue weighted by Gasteiger charge is -2.13. The third kappa shape index (κ3) is 4.44. The van der Waals surface area contributed by atoms with Crippen LogP contribution in [0.3, 0.4) is 0 Å². The van der Waals surface area contributed by atoms with Crippen molar-refractivity contribution in [3.63, 3.8) is 0 Å². The first-order valence-corrected chi connectivity index (χ1v) is 8.82. The fourth-order valence-electron chi connectivity index (χ4n) is 2.80. The van der Waals surface area contributed by atoms with Gasteiger partial charge in [-0.25, -0.2) is 4.98 Å². The van der Waals surface area contributed by atoms with E-state index in [9.17, 15) is 4.79 Å². The standard InChI is InChI=1S/C22H24N4O/c1-15-6-5-7-16(2)21(15)24-18-10-13-20(23-14-18)22(27)25-17-8-11-19(12-9-17)26(3)4/h5-14,24H,1-4H3,(H,25,27). The minimum absolute atomic E-state index is 0.230. The van der Waals surface area contributed by atoms with Crippen molar-refractivity contribution in [1.82, 2.24) is 4.98 Å². The van der Waals surface area contributed by atoms with Crippen LogP contribution in [-0.2, 0) is 0 Å². The summed E-state index contributed by atoms with van der Waals surface area (Å²) in [5, 5.41) is 6.25. The van der Waals surface area contributed by atoms with Gasteiger partial charge in [-0.05, 0) is 61.4 Å². The Labute approximate surface area is 160 Å². The number of nitrogens with one attached hydrogen (secondary N) is 2. The average Bonchev–Trinajstić information content (AvgIpc) is 2.66. The van der Waals surface area contributed by atoms with Gasteiger partial charge in [-0.15, -0.1) is 0 Å². The Bertz CT molecular complexity index is 911. The maximum absolute atomic E-state index is 12.4. The summed E-state index contributed by atoms with van der Waals surface area (Å²) in [6, 6.07) is 17.4. The van der Waals surface area contributed by atoms with Gasteiger partial charge in [0, 0.05) is 31.2 Å². The molecular weight excluding hydrogens is 336 g/mol. The van der Waals surface area contributed by atoms with Gasteiger partial charge in [0.1, 0.15) is 5.69 Å². The minimum atomic E-state index is -0.230. The number of hydrogen-bond acceptors (Lipinski definition) is 4. The molecule has 2 N–H and O–H groups in total. The third-order valence-electron chi connectivity index (χ3n) is 4.39. The Kier molecular flexibility index (Phi) is 5.41. The van der Waals surface area contributed by atoms with Crippen LogP contribution in [-0.4, -0.2) is 25.0 Å². The summed E-state index contributed by atoms with van der Waals surface area (Å²) in [7, 11) is 3.96. The molecule has 0 saturated heterocycles. The van der Waals surface area contributed by atoms with E-state index in [4.69, 9.17) is 0 Å². The van der Waals surface area contributed by atoms with E-state index in [2.05, 4.69) is 41.6 Å². The molecule has 0 saturated carbocycles. The van der Waals surface area contributed by atoms with Crippen LogP contribution < -0.4 is 15.5 Å². The van der Waals surface area contributed by atoms with Crippen LogP contribution in [0, 0.1) is 13.8 Å². The number of hydrogen-bond donors (Lipinski definition) is 2. The third-order valence-corrected chi connectivity index (χ3v) is 4.39. The van der Waals surface area contributed by atoms with Crippen molar-refractivity contribution in [2.24, 2.45) is 0 Å². The van der Waals surface area contributed by atoms with Gasteiger partial charge in [0.25, 0.3) is 5.91 Å². The molecule has 2 aromatic carbocycles. The van der Waals surface area contributed by atoms with Crippen LogP contribution in [0.1, 0.15) is 21.6 Å². The molecule has 1 heterocycles. The van der Waals surface area contributed by atoms with Crippen molar-refractivity contribution < 1.29 is 4.79 Å². The molecule has 3 aromatic rings. The van der Waals surface area contributed by atoms with E-state index < -0.39 is 0 Å². The molecule has 1 amide bonds. The molecule has 0 spiro atoms. The molecular formula is C22H24N4O. The first kappa shape index (κ1) is 18.5. The smallest absolute Gasteiger partial charge is 0.274 e. The lowest BCUT2D eigenvalue weighted by molar-refractivity contribution is 0.102. The fourth-order valence-corrected chi connectivity index (χ4v) is 2.80. The number of amides is 1. The van der Waals surface area contributed by atoms with Gasteiger partial charge in [0.15, 0.2) is 0 Å². The quantitative estimate of drug-likeness (QED) is 0.689. The van der Waals surface area contributed by atoms with Crippen molar-refractivity contribution >= 4 is 28.7 Å². The monoisotopic (exact) mass is 360 g/mol. The first-order valence-electron chi connectivity index (χ1n) is 8.82. The second-order valence-electron chi connectivity index (χ2n) is 6.72. The van der Waals surface area contributed by atoms with Gasteiger partial charge in [-0.3, -0.25) is 4.79 Å². The maximum Gasteiger partial charge on any atom is 0.274 e. The highest BCUT2D eigenvalue weighted by Crippen LogP contribution is 2.24. The van der Waals surface area contributed by atoms with Gasteiger partial charge in [-0.1, -0.05) is 18.2 Å². The second-order valence-corrected chi connectivity index (χ2v) is 6.72. The second kappa shape index (κ2) is 7.91. The van der Waals surface area contributed by atoms with E-state index in [0.717, 1.165) is 33.9 Å². The van der Waals surface area contributed by atoms with Crippen LogP contribution in [0.25, 0.3) is 0 Å². The summed E-state index contributed by atoms with van der Waals surface area (Å²) < 4.78 is 0. The number of para-hydroxylation sites is 1. The zero-order valence-corrected chi connectivity index (χ0v) is 16.1. The maximum atomic E-state index is 12.4. The first-order chi connectivity index (χ1) is 12.9. The summed E-state index contributed by atoms with van der Waals surface area (Å²) >= 11 is 0. The zero-order chi connectivity index (χ0) is 19.4. The molecule has 3 rings (SSSR count). The summed E-state index contributed by atoms with van der Waals surface area (Å²) in [6.07, 6.45) is 1.68. The number of benzene rings is 2. The molecule has 0 atom stereocenters. The van der Waals surface area contributed by atoms with Gasteiger partial charge < -0.3 is 15.5 Å². The van der Waals surface area contributed by atoms with E-state index >= 15 is 0 Å². The van der Waals surface area contributed by atoms with Crippen molar-refractivity contribution in [2.45, 2.75) is 13.8 Å². The number of aryl methyl sites for hydroxylation is 2. The molecule has 1 aromatic heterocycles. The SMILES string of the molecule is Cc1cccc(C)c1Nc1ccc(C(=O)Nc2ccc(N(C)C)cc2)nc1. The lowest BCUT2D eigenvalue weighted by Crippen LogP contribution is -2.14. The molecule has 0 aliphatic heterocycles. The molecule has 0 unspecified atom stereocenters. The van der Waals surface area contributed by atoms with Crippen LogP contribution in [0.2, 0.25) is 0 Å².